The Bertz CT molecular complexity index is 592. The van der Waals surface area contributed by atoms with E-state index in [2.05, 4.69) is 15.2 Å². The van der Waals surface area contributed by atoms with Crippen LogP contribution in [0.25, 0.3) is 10.9 Å². The lowest BCUT2D eigenvalue weighted by Crippen LogP contribution is -2.32. The van der Waals surface area contributed by atoms with E-state index < -0.39 is 0 Å². The Morgan fingerprint density at radius 2 is 1.87 bits per heavy atom. The topological polar surface area (TPSA) is 37.4 Å². The molecule has 0 aliphatic heterocycles. The van der Waals surface area contributed by atoms with Gasteiger partial charge in [0.2, 0.25) is 0 Å². The van der Waals surface area contributed by atoms with Crippen molar-refractivity contribution in [3.05, 3.63) is 30.5 Å². The summed E-state index contributed by atoms with van der Waals surface area (Å²) in [6.45, 7) is 3.42. The number of alkyl halides is 2. The largest absolute Gasteiger partial charge is 0.497 e. The third-order valence-electron chi connectivity index (χ3n) is 3.49. The maximum absolute atomic E-state index is 5.81. The molecule has 0 radical (unpaired) electrons. The fourth-order valence-electron chi connectivity index (χ4n) is 2.33. The molecule has 0 saturated carbocycles. The normalized spacial score (nSPS) is 10.6. The van der Waals surface area contributed by atoms with Crippen LogP contribution in [0, 0.1) is 0 Å². The van der Waals surface area contributed by atoms with Crippen LogP contribution in [0.1, 0.15) is 0 Å². The quantitative estimate of drug-likeness (QED) is 0.672. The Morgan fingerprint density at radius 3 is 2.52 bits per heavy atom. The van der Waals surface area contributed by atoms with E-state index in [0.29, 0.717) is 11.8 Å². The SMILES string of the molecule is COc1ccc2nccc(NCCN(CCCl)CCCl)c2c1.Cl. The van der Waals surface area contributed by atoms with Gasteiger partial charge >= 0.3 is 0 Å². The standard InChI is InChI=1S/C16H21Cl2N3O.ClH/c1-22-13-2-3-15-14(12-13)16(4-7-19-15)20-8-11-21(9-5-17)10-6-18;/h2-4,7,12H,5-6,8-11H2,1H3,(H,19,20);1H. The molecule has 128 valence electrons. The number of hydrogen-bond donors (Lipinski definition) is 1. The first kappa shape index (κ1) is 20.1. The molecule has 0 aliphatic rings. The van der Waals surface area contributed by atoms with E-state index in [-0.39, 0.29) is 12.4 Å². The molecule has 0 aliphatic carbocycles. The Kier molecular flexibility index (Phi) is 9.41. The number of benzene rings is 1. The van der Waals surface area contributed by atoms with Crippen LogP contribution < -0.4 is 10.1 Å². The van der Waals surface area contributed by atoms with Gasteiger partial charge in [0.25, 0.3) is 0 Å². The van der Waals surface area contributed by atoms with Crippen molar-refractivity contribution in [1.29, 1.82) is 0 Å². The maximum atomic E-state index is 5.81. The summed E-state index contributed by atoms with van der Waals surface area (Å²) in [7, 11) is 1.67. The Hall–Kier alpha value is -0.940. The van der Waals surface area contributed by atoms with Crippen molar-refractivity contribution in [2.75, 3.05) is 50.4 Å². The number of nitrogens with zero attached hydrogens (tertiary/aromatic N) is 2. The molecule has 7 heteroatoms. The first-order valence-corrected chi connectivity index (χ1v) is 8.36. The van der Waals surface area contributed by atoms with Crippen LogP contribution in [-0.2, 0) is 0 Å². The average Bonchev–Trinajstić information content (AvgIpc) is 2.55. The zero-order valence-corrected chi connectivity index (χ0v) is 15.4. The van der Waals surface area contributed by atoms with Crippen molar-refractivity contribution in [3.8, 4) is 5.75 Å². The Balaban J connectivity index is 0.00000264. The number of halogens is 3. The molecule has 0 fully saturated rings. The fourth-order valence-corrected chi connectivity index (χ4v) is 2.81. The van der Waals surface area contributed by atoms with Crippen LogP contribution in [0.5, 0.6) is 5.75 Å². The molecule has 0 atom stereocenters. The fraction of sp³-hybridized carbons (Fsp3) is 0.438. The molecule has 0 unspecified atom stereocenters. The first-order valence-electron chi connectivity index (χ1n) is 7.29. The number of hydrogen-bond acceptors (Lipinski definition) is 4. The molecule has 0 amide bonds. The zero-order chi connectivity index (χ0) is 15.8. The molecule has 1 aromatic heterocycles. The van der Waals surface area contributed by atoms with Crippen LogP contribution in [-0.4, -0.2) is 54.9 Å². The predicted molar refractivity (Wildman–Crippen MR) is 102 cm³/mol. The van der Waals surface area contributed by atoms with Gasteiger partial charge in [-0.1, -0.05) is 0 Å². The van der Waals surface area contributed by atoms with Crippen LogP contribution >= 0.6 is 35.6 Å². The second kappa shape index (κ2) is 10.8. The average molecular weight is 379 g/mol. The van der Waals surface area contributed by atoms with Gasteiger partial charge in [-0.25, -0.2) is 0 Å². The summed E-state index contributed by atoms with van der Waals surface area (Å²) < 4.78 is 5.29. The number of methoxy groups -OCH3 is 1. The molecule has 0 bridgehead atoms. The first-order chi connectivity index (χ1) is 10.8. The second-order valence-electron chi connectivity index (χ2n) is 4.89. The van der Waals surface area contributed by atoms with E-state index in [9.17, 15) is 0 Å². The molecule has 4 nitrogen and oxygen atoms in total. The smallest absolute Gasteiger partial charge is 0.119 e. The van der Waals surface area contributed by atoms with Gasteiger partial charge in [0.05, 0.1) is 12.6 Å². The third kappa shape index (κ3) is 5.88. The van der Waals surface area contributed by atoms with Gasteiger partial charge in [-0.3, -0.25) is 9.88 Å². The van der Waals surface area contributed by atoms with Gasteiger partial charge in [-0.15, -0.1) is 35.6 Å². The van der Waals surface area contributed by atoms with Gasteiger partial charge < -0.3 is 10.1 Å². The van der Waals surface area contributed by atoms with Crippen molar-refractivity contribution in [2.45, 2.75) is 0 Å². The maximum Gasteiger partial charge on any atom is 0.119 e. The number of anilines is 1. The molecular formula is C16H22Cl3N3O. The van der Waals surface area contributed by atoms with Crippen LogP contribution in [0.15, 0.2) is 30.5 Å². The lowest BCUT2D eigenvalue weighted by molar-refractivity contribution is 0.319. The monoisotopic (exact) mass is 377 g/mol. The summed E-state index contributed by atoms with van der Waals surface area (Å²) in [4.78, 5) is 6.63. The summed E-state index contributed by atoms with van der Waals surface area (Å²) in [5.74, 6) is 2.06. The van der Waals surface area contributed by atoms with E-state index in [1.54, 1.807) is 7.11 Å². The second-order valence-corrected chi connectivity index (χ2v) is 5.64. The summed E-state index contributed by atoms with van der Waals surface area (Å²) in [5.41, 5.74) is 2.00. The van der Waals surface area contributed by atoms with E-state index in [1.165, 1.54) is 0 Å². The van der Waals surface area contributed by atoms with Crippen molar-refractivity contribution in [2.24, 2.45) is 0 Å². The number of fused-ring (bicyclic) bond motifs is 1. The van der Waals surface area contributed by atoms with Gasteiger partial charge in [-0.05, 0) is 24.3 Å². The highest BCUT2D eigenvalue weighted by atomic mass is 35.5. The summed E-state index contributed by atoms with van der Waals surface area (Å²) >= 11 is 11.6. The molecule has 1 aromatic carbocycles. The van der Waals surface area contributed by atoms with E-state index in [4.69, 9.17) is 27.9 Å². The Morgan fingerprint density at radius 1 is 1.13 bits per heavy atom. The lowest BCUT2D eigenvalue weighted by Gasteiger charge is -2.20. The van der Waals surface area contributed by atoms with E-state index in [0.717, 1.165) is 48.5 Å². The lowest BCUT2D eigenvalue weighted by atomic mass is 10.2. The molecule has 2 rings (SSSR count). The van der Waals surface area contributed by atoms with Crippen molar-refractivity contribution < 1.29 is 4.74 Å². The van der Waals surface area contributed by atoms with Crippen molar-refractivity contribution in [3.63, 3.8) is 0 Å². The minimum absolute atomic E-state index is 0. The highest BCUT2D eigenvalue weighted by Gasteiger charge is 2.06. The number of aromatic nitrogens is 1. The zero-order valence-electron chi connectivity index (χ0n) is 13.1. The van der Waals surface area contributed by atoms with Crippen molar-refractivity contribution >= 4 is 52.2 Å². The molecule has 1 N–H and O–H groups in total. The number of rotatable bonds is 9. The summed E-state index contributed by atoms with van der Waals surface area (Å²) in [6.07, 6.45) is 1.81. The molecule has 1 heterocycles. The van der Waals surface area contributed by atoms with E-state index >= 15 is 0 Å². The number of nitrogens with one attached hydrogen (secondary N) is 1. The minimum Gasteiger partial charge on any atom is -0.497 e. The molecule has 23 heavy (non-hydrogen) atoms. The van der Waals surface area contributed by atoms with Crippen LogP contribution in [0.4, 0.5) is 5.69 Å². The third-order valence-corrected chi connectivity index (χ3v) is 3.83. The van der Waals surface area contributed by atoms with Crippen LogP contribution in [0.3, 0.4) is 0 Å². The van der Waals surface area contributed by atoms with Gasteiger partial charge in [0, 0.05) is 55.2 Å². The highest BCUT2D eigenvalue weighted by Crippen LogP contribution is 2.25. The number of ether oxygens (including phenoxy) is 1. The molecule has 0 saturated heterocycles. The molecule has 0 spiro atoms. The highest BCUT2D eigenvalue weighted by molar-refractivity contribution is 6.18. The van der Waals surface area contributed by atoms with Crippen LogP contribution in [0.2, 0.25) is 0 Å². The molecular weight excluding hydrogens is 357 g/mol. The van der Waals surface area contributed by atoms with E-state index in [1.807, 2.05) is 30.5 Å². The van der Waals surface area contributed by atoms with Gasteiger partial charge in [0.1, 0.15) is 5.75 Å². The Labute approximate surface area is 153 Å². The molecule has 2 aromatic rings. The summed E-state index contributed by atoms with van der Waals surface area (Å²) in [6, 6.07) is 7.86. The predicted octanol–water partition coefficient (Wildman–Crippen LogP) is 3.86. The minimum atomic E-state index is 0. The summed E-state index contributed by atoms with van der Waals surface area (Å²) in [5, 5.41) is 4.52. The van der Waals surface area contributed by atoms with Gasteiger partial charge in [-0.2, -0.15) is 0 Å². The van der Waals surface area contributed by atoms with Gasteiger partial charge in [0.15, 0.2) is 0 Å². The van der Waals surface area contributed by atoms with Crippen molar-refractivity contribution in [1.82, 2.24) is 9.88 Å². The number of pyridine rings is 1.